The lowest BCUT2D eigenvalue weighted by molar-refractivity contribution is -0.143. The summed E-state index contributed by atoms with van der Waals surface area (Å²) in [6.45, 7) is 5.09. The van der Waals surface area contributed by atoms with Crippen molar-refractivity contribution in [3.8, 4) is 0 Å². The maximum Gasteiger partial charge on any atom is 0.308 e. The van der Waals surface area contributed by atoms with Crippen molar-refractivity contribution in [2.24, 2.45) is 17.8 Å². The van der Waals surface area contributed by atoms with Gasteiger partial charge in [0.15, 0.2) is 0 Å². The number of aliphatic carboxylic acids is 1. The number of rotatable bonds is 5. The zero-order valence-electron chi connectivity index (χ0n) is 15.5. The van der Waals surface area contributed by atoms with E-state index in [1.54, 1.807) is 0 Å². The fourth-order valence-corrected chi connectivity index (χ4v) is 3.95. The molecule has 0 radical (unpaired) electrons. The van der Waals surface area contributed by atoms with Gasteiger partial charge in [-0.3, -0.25) is 14.4 Å². The van der Waals surface area contributed by atoms with Crippen molar-refractivity contribution < 1.29 is 19.5 Å². The molecule has 0 spiro atoms. The van der Waals surface area contributed by atoms with Gasteiger partial charge < -0.3 is 15.3 Å². The Morgan fingerprint density at radius 3 is 2.52 bits per heavy atom. The molecule has 0 aromatic carbocycles. The molecule has 1 aliphatic carbocycles. The second kappa shape index (κ2) is 9.20. The van der Waals surface area contributed by atoms with Gasteiger partial charge in [-0.25, -0.2) is 0 Å². The largest absolute Gasteiger partial charge is 0.481 e. The van der Waals surface area contributed by atoms with Gasteiger partial charge >= 0.3 is 5.97 Å². The number of carbonyl (C=O) groups excluding carboxylic acids is 2. The second-order valence-corrected chi connectivity index (χ2v) is 7.63. The molecule has 142 valence electrons. The molecule has 2 rings (SSSR count). The zero-order valence-corrected chi connectivity index (χ0v) is 15.5. The predicted molar refractivity (Wildman–Crippen MR) is 94.9 cm³/mol. The molecule has 6 nitrogen and oxygen atoms in total. The number of carboxylic acids is 1. The number of nitrogens with zero attached hydrogens (tertiary/aromatic N) is 1. The zero-order chi connectivity index (χ0) is 18.4. The fraction of sp³-hybridized carbons (Fsp3) is 0.842. The Bertz CT molecular complexity index is 494. The smallest absolute Gasteiger partial charge is 0.308 e. The lowest BCUT2D eigenvalue weighted by Crippen LogP contribution is -2.50. The highest BCUT2D eigenvalue weighted by atomic mass is 16.4. The maximum absolute atomic E-state index is 12.7. The van der Waals surface area contributed by atoms with Gasteiger partial charge in [0.1, 0.15) is 0 Å². The number of amides is 2. The Morgan fingerprint density at radius 1 is 1.12 bits per heavy atom. The van der Waals surface area contributed by atoms with Crippen molar-refractivity contribution in [2.45, 2.75) is 71.3 Å². The molecule has 1 aliphatic heterocycles. The molecule has 2 N–H and O–H groups in total. The standard InChI is InChI=1S/C19H32N2O4/c1-3-13(2)18(23)21-11-7-8-14(12-21)17(22)20-16-10-6-4-5-9-15(16)19(24)25/h13-16H,3-12H2,1-2H3,(H,20,22)(H,24,25)/t13?,14?,15-,16+/m1/s1. The average Bonchev–Trinajstić information content (AvgIpc) is 2.86. The number of hydrogen-bond acceptors (Lipinski definition) is 3. The highest BCUT2D eigenvalue weighted by molar-refractivity contribution is 5.83. The van der Waals surface area contributed by atoms with E-state index < -0.39 is 11.9 Å². The summed E-state index contributed by atoms with van der Waals surface area (Å²) in [5.41, 5.74) is 0. The molecular weight excluding hydrogens is 320 g/mol. The number of hydrogen-bond donors (Lipinski definition) is 2. The summed E-state index contributed by atoms with van der Waals surface area (Å²) in [7, 11) is 0. The monoisotopic (exact) mass is 352 g/mol. The maximum atomic E-state index is 12.7. The van der Waals surface area contributed by atoms with Crippen LogP contribution >= 0.6 is 0 Å². The number of piperidine rings is 1. The van der Waals surface area contributed by atoms with Crippen LogP contribution in [-0.2, 0) is 14.4 Å². The fourth-order valence-electron chi connectivity index (χ4n) is 3.95. The van der Waals surface area contributed by atoms with E-state index in [4.69, 9.17) is 0 Å². The molecule has 6 heteroatoms. The molecule has 0 bridgehead atoms. The van der Waals surface area contributed by atoms with E-state index in [2.05, 4.69) is 5.32 Å². The minimum atomic E-state index is -0.815. The van der Waals surface area contributed by atoms with Crippen molar-refractivity contribution in [1.82, 2.24) is 10.2 Å². The molecule has 1 saturated heterocycles. The van der Waals surface area contributed by atoms with E-state index in [-0.39, 0.29) is 29.7 Å². The molecular formula is C19H32N2O4. The molecule has 1 saturated carbocycles. The third-order valence-corrected chi connectivity index (χ3v) is 5.80. The van der Waals surface area contributed by atoms with E-state index in [1.807, 2.05) is 18.7 Å². The summed E-state index contributed by atoms with van der Waals surface area (Å²) in [4.78, 5) is 38.4. The van der Waals surface area contributed by atoms with E-state index >= 15 is 0 Å². The van der Waals surface area contributed by atoms with Crippen LogP contribution in [-0.4, -0.2) is 46.9 Å². The van der Waals surface area contributed by atoms with Gasteiger partial charge in [0.05, 0.1) is 11.8 Å². The summed E-state index contributed by atoms with van der Waals surface area (Å²) in [6.07, 6.45) is 6.63. The minimum absolute atomic E-state index is 0.0138. The first-order valence-electron chi connectivity index (χ1n) is 9.76. The lowest BCUT2D eigenvalue weighted by atomic mass is 9.92. The van der Waals surface area contributed by atoms with Gasteiger partial charge in [0.25, 0.3) is 0 Å². The highest BCUT2D eigenvalue weighted by Gasteiger charge is 2.34. The van der Waals surface area contributed by atoms with Gasteiger partial charge in [0.2, 0.25) is 11.8 Å². The number of nitrogens with one attached hydrogen (secondary N) is 1. The number of likely N-dealkylation sites (tertiary alicyclic amines) is 1. The average molecular weight is 352 g/mol. The summed E-state index contributed by atoms with van der Waals surface area (Å²) in [6, 6.07) is -0.284. The molecule has 4 atom stereocenters. The van der Waals surface area contributed by atoms with Crippen molar-refractivity contribution >= 4 is 17.8 Å². The third-order valence-electron chi connectivity index (χ3n) is 5.80. The van der Waals surface area contributed by atoms with E-state index in [0.29, 0.717) is 19.5 Å². The molecule has 2 amide bonds. The van der Waals surface area contributed by atoms with Crippen LogP contribution in [0.3, 0.4) is 0 Å². The molecule has 2 unspecified atom stereocenters. The molecule has 1 heterocycles. The van der Waals surface area contributed by atoms with Crippen LogP contribution in [0.4, 0.5) is 0 Å². The second-order valence-electron chi connectivity index (χ2n) is 7.63. The van der Waals surface area contributed by atoms with Crippen LogP contribution in [0.2, 0.25) is 0 Å². The lowest BCUT2D eigenvalue weighted by Gasteiger charge is -2.34. The Balaban J connectivity index is 1.96. The molecule has 0 aromatic rings. The van der Waals surface area contributed by atoms with Crippen LogP contribution in [0.15, 0.2) is 0 Å². The molecule has 2 fully saturated rings. The topological polar surface area (TPSA) is 86.7 Å². The summed E-state index contributed by atoms with van der Waals surface area (Å²) < 4.78 is 0. The normalized spacial score (nSPS) is 28.7. The predicted octanol–water partition coefficient (Wildman–Crippen LogP) is 2.42. The summed E-state index contributed by atoms with van der Waals surface area (Å²) in [5, 5.41) is 12.5. The summed E-state index contributed by atoms with van der Waals surface area (Å²) in [5.74, 6) is -1.51. The Labute approximate surface area is 150 Å². The van der Waals surface area contributed by atoms with Crippen molar-refractivity contribution in [1.29, 1.82) is 0 Å². The van der Waals surface area contributed by atoms with Gasteiger partial charge in [-0.15, -0.1) is 0 Å². The van der Waals surface area contributed by atoms with E-state index in [1.165, 1.54) is 0 Å². The van der Waals surface area contributed by atoms with Crippen molar-refractivity contribution in [3.63, 3.8) is 0 Å². The Morgan fingerprint density at radius 2 is 1.84 bits per heavy atom. The first-order valence-corrected chi connectivity index (χ1v) is 9.76. The van der Waals surface area contributed by atoms with Crippen molar-refractivity contribution in [3.05, 3.63) is 0 Å². The quantitative estimate of drug-likeness (QED) is 0.744. The van der Waals surface area contributed by atoms with Gasteiger partial charge in [0, 0.05) is 25.0 Å². The van der Waals surface area contributed by atoms with Crippen LogP contribution < -0.4 is 5.32 Å². The van der Waals surface area contributed by atoms with Crippen LogP contribution in [0.5, 0.6) is 0 Å². The van der Waals surface area contributed by atoms with E-state index in [0.717, 1.165) is 44.9 Å². The van der Waals surface area contributed by atoms with E-state index in [9.17, 15) is 19.5 Å². The summed E-state index contributed by atoms with van der Waals surface area (Å²) >= 11 is 0. The Hall–Kier alpha value is -1.59. The number of carboxylic acid groups (broad SMARTS) is 1. The minimum Gasteiger partial charge on any atom is -0.481 e. The van der Waals surface area contributed by atoms with Crippen molar-refractivity contribution in [2.75, 3.05) is 13.1 Å². The molecule has 0 aromatic heterocycles. The molecule has 25 heavy (non-hydrogen) atoms. The highest BCUT2D eigenvalue weighted by Crippen LogP contribution is 2.25. The first kappa shape index (κ1) is 19.7. The van der Waals surface area contributed by atoms with Gasteiger partial charge in [-0.2, -0.15) is 0 Å². The third kappa shape index (κ3) is 5.19. The van der Waals surface area contributed by atoms with Crippen LogP contribution in [0.1, 0.15) is 65.2 Å². The SMILES string of the molecule is CCC(C)C(=O)N1CCCC(C(=O)N[C@H]2CCCCC[C@H]2C(=O)O)C1. The van der Waals surface area contributed by atoms with Crippen LogP contribution in [0.25, 0.3) is 0 Å². The Kier molecular flexibility index (Phi) is 7.26. The van der Waals surface area contributed by atoms with Gasteiger partial charge in [-0.1, -0.05) is 33.1 Å². The number of carbonyl (C=O) groups is 3. The first-order chi connectivity index (χ1) is 11.9. The van der Waals surface area contributed by atoms with Crippen LogP contribution in [0, 0.1) is 17.8 Å². The molecule has 2 aliphatic rings. The van der Waals surface area contributed by atoms with Gasteiger partial charge in [-0.05, 0) is 32.1 Å².